The summed E-state index contributed by atoms with van der Waals surface area (Å²) >= 11 is 5.84. The van der Waals surface area contributed by atoms with Gasteiger partial charge in [-0.1, -0.05) is 18.5 Å². The van der Waals surface area contributed by atoms with Crippen LogP contribution in [-0.2, 0) is 6.42 Å². The smallest absolute Gasteiger partial charge is 0.356 e. The summed E-state index contributed by atoms with van der Waals surface area (Å²) in [4.78, 5) is 15.1. The van der Waals surface area contributed by atoms with E-state index in [-0.39, 0.29) is 5.69 Å². The number of hydrogen-bond donors (Lipinski definition) is 1. The van der Waals surface area contributed by atoms with Crippen molar-refractivity contribution < 1.29 is 9.90 Å². The lowest BCUT2D eigenvalue weighted by atomic mass is 10.3. The average molecular weight is 265 g/mol. The normalized spacial score (nSPS) is 10.6. The molecule has 1 aromatic carbocycles. The molecular weight excluding hydrogens is 252 g/mol. The molecule has 2 rings (SSSR count). The molecule has 94 valence electrons. The third kappa shape index (κ3) is 2.54. The molecule has 1 heterocycles. The van der Waals surface area contributed by atoms with Gasteiger partial charge in [0.2, 0.25) is 0 Å². The first-order valence-electron chi connectivity index (χ1n) is 5.69. The SMILES string of the molecule is CCCc1nc(C(=O)O)cn1-c1ccc(Cl)cc1. The predicted octanol–water partition coefficient (Wildman–Crippen LogP) is 3.18. The van der Waals surface area contributed by atoms with Crippen LogP contribution in [0.25, 0.3) is 5.69 Å². The van der Waals surface area contributed by atoms with Crippen molar-refractivity contribution in [3.05, 3.63) is 47.0 Å². The van der Waals surface area contributed by atoms with Crippen molar-refractivity contribution in [1.82, 2.24) is 9.55 Å². The lowest BCUT2D eigenvalue weighted by Crippen LogP contribution is -1.99. The van der Waals surface area contributed by atoms with Crippen molar-refractivity contribution in [2.75, 3.05) is 0 Å². The van der Waals surface area contributed by atoms with E-state index in [0.29, 0.717) is 5.02 Å². The van der Waals surface area contributed by atoms with Gasteiger partial charge in [-0.25, -0.2) is 9.78 Å². The maximum absolute atomic E-state index is 11.0. The predicted molar refractivity (Wildman–Crippen MR) is 69.5 cm³/mol. The molecule has 2 aromatic rings. The summed E-state index contributed by atoms with van der Waals surface area (Å²) in [7, 11) is 0. The number of carboxylic acid groups (broad SMARTS) is 1. The first-order valence-corrected chi connectivity index (χ1v) is 6.07. The van der Waals surface area contributed by atoms with E-state index in [4.69, 9.17) is 16.7 Å². The van der Waals surface area contributed by atoms with Gasteiger partial charge in [0.05, 0.1) is 0 Å². The molecule has 0 spiro atoms. The van der Waals surface area contributed by atoms with E-state index >= 15 is 0 Å². The highest BCUT2D eigenvalue weighted by atomic mass is 35.5. The minimum Gasteiger partial charge on any atom is -0.476 e. The first-order chi connectivity index (χ1) is 8.61. The fourth-order valence-corrected chi connectivity index (χ4v) is 1.87. The van der Waals surface area contributed by atoms with Crippen LogP contribution < -0.4 is 0 Å². The summed E-state index contributed by atoms with van der Waals surface area (Å²) in [6.45, 7) is 2.03. The second-order valence-corrected chi connectivity index (χ2v) is 4.38. The molecule has 5 heteroatoms. The Morgan fingerprint density at radius 3 is 2.61 bits per heavy atom. The maximum Gasteiger partial charge on any atom is 0.356 e. The van der Waals surface area contributed by atoms with Gasteiger partial charge < -0.3 is 9.67 Å². The molecule has 0 atom stereocenters. The van der Waals surface area contributed by atoms with Crippen LogP contribution in [0.3, 0.4) is 0 Å². The van der Waals surface area contributed by atoms with E-state index in [9.17, 15) is 4.79 Å². The fourth-order valence-electron chi connectivity index (χ4n) is 1.75. The van der Waals surface area contributed by atoms with Crippen LogP contribution >= 0.6 is 11.6 Å². The average Bonchev–Trinajstić information content (AvgIpc) is 2.75. The van der Waals surface area contributed by atoms with E-state index < -0.39 is 5.97 Å². The highest BCUT2D eigenvalue weighted by Crippen LogP contribution is 2.17. The van der Waals surface area contributed by atoms with Crippen LogP contribution in [0.15, 0.2) is 30.5 Å². The van der Waals surface area contributed by atoms with Gasteiger partial charge in [-0.2, -0.15) is 0 Å². The zero-order chi connectivity index (χ0) is 13.1. The maximum atomic E-state index is 11.0. The van der Waals surface area contributed by atoms with Gasteiger partial charge in [0.1, 0.15) is 5.82 Å². The van der Waals surface area contributed by atoms with Crippen molar-refractivity contribution in [1.29, 1.82) is 0 Å². The number of imidazole rings is 1. The number of rotatable bonds is 4. The van der Waals surface area contributed by atoms with Gasteiger partial charge in [-0.15, -0.1) is 0 Å². The standard InChI is InChI=1S/C13H13ClN2O2/c1-2-3-12-15-11(13(17)18)8-16(12)10-6-4-9(14)5-7-10/h4-8H,2-3H2,1H3,(H,17,18). The number of nitrogens with zero attached hydrogens (tertiary/aromatic N) is 2. The largest absolute Gasteiger partial charge is 0.476 e. The van der Waals surface area contributed by atoms with Crippen LogP contribution in [-0.4, -0.2) is 20.6 Å². The van der Waals surface area contributed by atoms with Crippen LogP contribution in [0.4, 0.5) is 0 Å². The van der Waals surface area contributed by atoms with E-state index in [1.54, 1.807) is 16.7 Å². The molecule has 18 heavy (non-hydrogen) atoms. The number of benzene rings is 1. The molecule has 0 fully saturated rings. The van der Waals surface area contributed by atoms with Gasteiger partial charge in [0, 0.05) is 23.3 Å². The third-order valence-electron chi connectivity index (χ3n) is 2.58. The molecule has 0 aliphatic carbocycles. The molecule has 0 amide bonds. The summed E-state index contributed by atoms with van der Waals surface area (Å²) < 4.78 is 1.79. The topological polar surface area (TPSA) is 55.1 Å². The van der Waals surface area contributed by atoms with Crippen molar-refractivity contribution in [2.45, 2.75) is 19.8 Å². The number of hydrogen-bond acceptors (Lipinski definition) is 2. The summed E-state index contributed by atoms with van der Waals surface area (Å²) in [5, 5.41) is 9.63. The first kappa shape index (κ1) is 12.6. The summed E-state index contributed by atoms with van der Waals surface area (Å²) in [5.74, 6) is -0.266. The monoisotopic (exact) mass is 264 g/mol. The summed E-state index contributed by atoms with van der Waals surface area (Å²) in [6, 6.07) is 7.23. The highest BCUT2D eigenvalue weighted by molar-refractivity contribution is 6.30. The van der Waals surface area contributed by atoms with Gasteiger partial charge in [-0.3, -0.25) is 0 Å². The van der Waals surface area contributed by atoms with Gasteiger partial charge in [0.25, 0.3) is 0 Å². The van der Waals surface area contributed by atoms with Crippen LogP contribution in [0, 0.1) is 0 Å². The number of carboxylic acids is 1. The molecule has 4 nitrogen and oxygen atoms in total. The Balaban J connectivity index is 2.47. The molecule has 0 saturated carbocycles. The third-order valence-corrected chi connectivity index (χ3v) is 2.83. The molecule has 1 aromatic heterocycles. The number of aryl methyl sites for hydroxylation is 1. The van der Waals surface area contributed by atoms with Gasteiger partial charge in [0.15, 0.2) is 5.69 Å². The minimum absolute atomic E-state index is 0.0633. The Morgan fingerprint density at radius 2 is 2.06 bits per heavy atom. The van der Waals surface area contributed by atoms with E-state index in [0.717, 1.165) is 24.4 Å². The molecule has 1 N–H and O–H groups in total. The Bertz CT molecular complexity index is 561. The van der Waals surface area contributed by atoms with Crippen molar-refractivity contribution in [2.24, 2.45) is 0 Å². The van der Waals surface area contributed by atoms with Crippen molar-refractivity contribution in [3.63, 3.8) is 0 Å². The summed E-state index contributed by atoms with van der Waals surface area (Å²) in [6.07, 6.45) is 3.18. The number of halogens is 1. The Kier molecular flexibility index (Phi) is 3.67. The Hall–Kier alpha value is -1.81. The van der Waals surface area contributed by atoms with Crippen molar-refractivity contribution >= 4 is 17.6 Å². The molecule has 0 unspecified atom stereocenters. The lowest BCUT2D eigenvalue weighted by molar-refractivity contribution is 0.0691. The highest BCUT2D eigenvalue weighted by Gasteiger charge is 2.13. The zero-order valence-corrected chi connectivity index (χ0v) is 10.7. The zero-order valence-electron chi connectivity index (χ0n) is 9.93. The van der Waals surface area contributed by atoms with Crippen molar-refractivity contribution in [3.8, 4) is 5.69 Å². The molecule has 0 radical (unpaired) electrons. The van der Waals surface area contributed by atoms with Gasteiger partial charge in [-0.05, 0) is 30.7 Å². The lowest BCUT2D eigenvalue weighted by Gasteiger charge is -2.06. The van der Waals surface area contributed by atoms with Crippen LogP contribution in [0.1, 0.15) is 29.7 Å². The molecule has 0 aliphatic rings. The second-order valence-electron chi connectivity index (χ2n) is 3.94. The fraction of sp³-hybridized carbons (Fsp3) is 0.231. The molecule has 0 bridgehead atoms. The van der Waals surface area contributed by atoms with Gasteiger partial charge >= 0.3 is 5.97 Å². The second kappa shape index (κ2) is 5.23. The quantitative estimate of drug-likeness (QED) is 0.923. The number of aromatic carboxylic acids is 1. The van der Waals surface area contributed by atoms with Crippen LogP contribution in [0.5, 0.6) is 0 Å². The Labute approximate surface area is 110 Å². The number of aromatic nitrogens is 2. The summed E-state index contributed by atoms with van der Waals surface area (Å²) in [5.41, 5.74) is 0.927. The number of carbonyl (C=O) groups is 1. The van der Waals surface area contributed by atoms with Crippen LogP contribution in [0.2, 0.25) is 5.02 Å². The van der Waals surface area contributed by atoms with E-state index in [1.807, 2.05) is 19.1 Å². The Morgan fingerprint density at radius 1 is 1.39 bits per heavy atom. The molecule has 0 aliphatic heterocycles. The van der Waals surface area contributed by atoms with E-state index in [1.165, 1.54) is 6.20 Å². The minimum atomic E-state index is -1.01. The van der Waals surface area contributed by atoms with E-state index in [2.05, 4.69) is 4.98 Å². The molecular formula is C13H13ClN2O2. The molecule has 0 saturated heterocycles.